The topological polar surface area (TPSA) is 49.3 Å². The number of benzene rings is 1. The van der Waals surface area contributed by atoms with Crippen molar-refractivity contribution in [2.75, 3.05) is 12.3 Å². The van der Waals surface area contributed by atoms with Crippen LogP contribution in [-0.4, -0.2) is 28.9 Å². The first kappa shape index (κ1) is 17.1. The molecule has 3 nitrogen and oxygen atoms in total. The number of thioether (sulfide) groups is 1. The predicted molar refractivity (Wildman–Crippen MR) is 85.5 cm³/mol. The maximum atomic E-state index is 11.3. The van der Waals surface area contributed by atoms with Crippen LogP contribution in [0.4, 0.5) is 0 Å². The lowest BCUT2D eigenvalue weighted by Gasteiger charge is -2.25. The maximum Gasteiger partial charge on any atom is 0.323 e. The third-order valence-electron chi connectivity index (χ3n) is 3.37. The van der Waals surface area contributed by atoms with Gasteiger partial charge in [0.2, 0.25) is 0 Å². The van der Waals surface area contributed by atoms with Crippen LogP contribution < -0.4 is 5.32 Å². The third-order valence-corrected chi connectivity index (χ3v) is 4.45. The molecule has 0 aromatic heterocycles. The highest BCUT2D eigenvalue weighted by atomic mass is 32.2. The molecule has 1 unspecified atom stereocenters. The fraction of sp³-hybridized carbons (Fsp3) is 0.562. The molecule has 1 atom stereocenters. The molecule has 0 fully saturated rings. The van der Waals surface area contributed by atoms with Crippen LogP contribution in [0.1, 0.15) is 38.7 Å². The number of hydrogen-bond donors (Lipinski definition) is 2. The zero-order valence-corrected chi connectivity index (χ0v) is 13.4. The minimum absolute atomic E-state index is 0.671. The Hall–Kier alpha value is -1.00. The average molecular weight is 295 g/mol. The summed E-state index contributed by atoms with van der Waals surface area (Å²) in [4.78, 5) is 12.6. The first-order valence-electron chi connectivity index (χ1n) is 7.16. The zero-order chi connectivity index (χ0) is 15.0. The molecular weight excluding hydrogens is 270 g/mol. The highest BCUT2D eigenvalue weighted by Gasteiger charge is 2.30. The zero-order valence-electron chi connectivity index (χ0n) is 12.6. The Balaban J connectivity index is 2.29. The van der Waals surface area contributed by atoms with Gasteiger partial charge in [0.15, 0.2) is 0 Å². The van der Waals surface area contributed by atoms with Crippen molar-refractivity contribution in [2.45, 2.75) is 50.5 Å². The molecular formula is C16H25NO2S. The molecule has 1 aromatic rings. The highest BCUT2D eigenvalue weighted by Crippen LogP contribution is 2.22. The number of carboxylic acid groups (broad SMARTS) is 1. The van der Waals surface area contributed by atoms with Crippen LogP contribution in [0.15, 0.2) is 29.2 Å². The summed E-state index contributed by atoms with van der Waals surface area (Å²) in [5.74, 6) is 0.274. The first-order valence-corrected chi connectivity index (χ1v) is 8.14. The molecule has 0 spiro atoms. The molecule has 20 heavy (non-hydrogen) atoms. The average Bonchev–Trinajstić information content (AvgIpc) is 2.38. The fourth-order valence-corrected chi connectivity index (χ4v) is 3.17. The lowest BCUT2D eigenvalue weighted by atomic mass is 9.95. The molecule has 112 valence electrons. The van der Waals surface area contributed by atoms with Gasteiger partial charge >= 0.3 is 5.97 Å². The Morgan fingerprint density at radius 2 is 2.15 bits per heavy atom. The van der Waals surface area contributed by atoms with Gasteiger partial charge < -0.3 is 10.4 Å². The van der Waals surface area contributed by atoms with Crippen molar-refractivity contribution in [3.8, 4) is 0 Å². The van der Waals surface area contributed by atoms with Crippen molar-refractivity contribution in [1.82, 2.24) is 5.32 Å². The predicted octanol–water partition coefficient (Wildman–Crippen LogP) is 3.71. The first-order chi connectivity index (χ1) is 9.48. The third kappa shape index (κ3) is 5.55. The van der Waals surface area contributed by atoms with E-state index in [1.807, 2.05) is 18.7 Å². The summed E-state index contributed by atoms with van der Waals surface area (Å²) in [6.07, 6.45) is 2.63. The summed E-state index contributed by atoms with van der Waals surface area (Å²) in [5, 5.41) is 12.3. The van der Waals surface area contributed by atoms with Crippen LogP contribution in [0.25, 0.3) is 0 Å². The van der Waals surface area contributed by atoms with E-state index in [9.17, 15) is 9.90 Å². The molecule has 0 aliphatic rings. The number of nitrogens with one attached hydrogen (secondary N) is 1. The van der Waals surface area contributed by atoms with Gasteiger partial charge in [-0.3, -0.25) is 4.79 Å². The molecule has 0 aliphatic heterocycles. The van der Waals surface area contributed by atoms with E-state index in [0.29, 0.717) is 13.0 Å². The summed E-state index contributed by atoms with van der Waals surface area (Å²) in [5.41, 5.74) is 0.489. The van der Waals surface area contributed by atoms with Crippen LogP contribution in [0.2, 0.25) is 0 Å². The highest BCUT2D eigenvalue weighted by molar-refractivity contribution is 7.99. The normalized spacial score (nSPS) is 13.9. The SMILES string of the molecule is CCNC(C)(CCCCSc1cccc(C)c1)C(=O)O. The summed E-state index contributed by atoms with van der Waals surface area (Å²) in [7, 11) is 0. The molecule has 0 heterocycles. The lowest BCUT2D eigenvalue weighted by molar-refractivity contribution is -0.144. The largest absolute Gasteiger partial charge is 0.480 e. The number of aryl methyl sites for hydroxylation is 1. The van der Waals surface area contributed by atoms with Gasteiger partial charge in [-0.1, -0.05) is 31.0 Å². The second kappa shape index (κ2) is 8.32. The van der Waals surface area contributed by atoms with E-state index in [-0.39, 0.29) is 0 Å². The Morgan fingerprint density at radius 3 is 2.75 bits per heavy atom. The van der Waals surface area contributed by atoms with Crippen molar-refractivity contribution in [2.24, 2.45) is 0 Å². The number of likely N-dealkylation sites (N-methyl/N-ethyl adjacent to an activating group) is 1. The van der Waals surface area contributed by atoms with E-state index in [0.717, 1.165) is 18.6 Å². The van der Waals surface area contributed by atoms with Gasteiger partial charge in [-0.05, 0) is 51.1 Å². The number of carboxylic acids is 1. The number of unbranched alkanes of at least 4 members (excludes halogenated alkanes) is 1. The maximum absolute atomic E-state index is 11.3. The number of aliphatic carboxylic acids is 1. The van der Waals surface area contributed by atoms with Crippen molar-refractivity contribution in [1.29, 1.82) is 0 Å². The minimum atomic E-state index is -0.789. The number of hydrogen-bond acceptors (Lipinski definition) is 3. The van der Waals surface area contributed by atoms with Gasteiger partial charge in [-0.15, -0.1) is 11.8 Å². The Kier molecular flexibility index (Phi) is 7.10. The molecule has 1 rings (SSSR count). The molecule has 0 saturated heterocycles. The van der Waals surface area contributed by atoms with Gasteiger partial charge in [0, 0.05) is 4.90 Å². The number of rotatable bonds is 9. The summed E-state index contributed by atoms with van der Waals surface area (Å²) >= 11 is 1.84. The lowest BCUT2D eigenvalue weighted by Crippen LogP contribution is -2.49. The van der Waals surface area contributed by atoms with Gasteiger partial charge in [0.1, 0.15) is 5.54 Å². The molecule has 0 aliphatic carbocycles. The van der Waals surface area contributed by atoms with E-state index in [2.05, 4.69) is 36.5 Å². The van der Waals surface area contributed by atoms with Gasteiger partial charge in [0.05, 0.1) is 0 Å². The van der Waals surface area contributed by atoms with Crippen molar-refractivity contribution in [3.05, 3.63) is 29.8 Å². The van der Waals surface area contributed by atoms with Gasteiger partial charge in [-0.2, -0.15) is 0 Å². The van der Waals surface area contributed by atoms with E-state index in [1.165, 1.54) is 10.5 Å². The standard InChI is InChI=1S/C16H25NO2S/c1-4-17-16(3,15(18)19)10-5-6-11-20-14-9-7-8-13(2)12-14/h7-9,12,17H,4-6,10-11H2,1-3H3,(H,18,19). The molecule has 2 N–H and O–H groups in total. The van der Waals surface area contributed by atoms with E-state index in [4.69, 9.17) is 0 Å². The van der Waals surface area contributed by atoms with E-state index < -0.39 is 11.5 Å². The second-order valence-electron chi connectivity index (χ2n) is 5.29. The van der Waals surface area contributed by atoms with Crippen molar-refractivity contribution in [3.63, 3.8) is 0 Å². The second-order valence-corrected chi connectivity index (χ2v) is 6.46. The van der Waals surface area contributed by atoms with Crippen LogP contribution in [0.3, 0.4) is 0 Å². The molecule has 0 bridgehead atoms. The molecule has 0 saturated carbocycles. The fourth-order valence-electron chi connectivity index (χ4n) is 2.14. The summed E-state index contributed by atoms with van der Waals surface area (Å²) < 4.78 is 0. The monoisotopic (exact) mass is 295 g/mol. The van der Waals surface area contributed by atoms with Crippen LogP contribution in [0.5, 0.6) is 0 Å². The van der Waals surface area contributed by atoms with E-state index in [1.54, 1.807) is 6.92 Å². The Bertz CT molecular complexity index is 436. The van der Waals surface area contributed by atoms with Crippen molar-refractivity contribution < 1.29 is 9.90 Å². The van der Waals surface area contributed by atoms with Gasteiger partial charge in [-0.25, -0.2) is 0 Å². The number of carbonyl (C=O) groups is 1. The van der Waals surface area contributed by atoms with Crippen LogP contribution in [0, 0.1) is 6.92 Å². The smallest absolute Gasteiger partial charge is 0.323 e. The van der Waals surface area contributed by atoms with Crippen LogP contribution >= 0.6 is 11.8 Å². The Morgan fingerprint density at radius 1 is 1.40 bits per heavy atom. The molecule has 0 amide bonds. The van der Waals surface area contributed by atoms with E-state index >= 15 is 0 Å². The summed E-state index contributed by atoms with van der Waals surface area (Å²) in [6.45, 7) is 6.49. The van der Waals surface area contributed by atoms with Crippen LogP contribution in [-0.2, 0) is 4.79 Å². The quantitative estimate of drug-likeness (QED) is 0.538. The van der Waals surface area contributed by atoms with Gasteiger partial charge in [0.25, 0.3) is 0 Å². The molecule has 1 aromatic carbocycles. The van der Waals surface area contributed by atoms with Crippen molar-refractivity contribution >= 4 is 17.7 Å². The Labute approximate surface area is 126 Å². The summed E-state index contributed by atoms with van der Waals surface area (Å²) in [6, 6.07) is 8.48. The molecule has 0 radical (unpaired) electrons. The molecule has 4 heteroatoms. The minimum Gasteiger partial charge on any atom is -0.480 e.